The van der Waals surface area contributed by atoms with Crippen molar-refractivity contribution in [3.63, 3.8) is 0 Å². The van der Waals surface area contributed by atoms with Gasteiger partial charge in [0.15, 0.2) is 0 Å². The van der Waals surface area contributed by atoms with Gasteiger partial charge in [-0.1, -0.05) is 0 Å². The Morgan fingerprint density at radius 2 is 2.41 bits per heavy atom. The van der Waals surface area contributed by atoms with Crippen LogP contribution in [-0.2, 0) is 0 Å². The van der Waals surface area contributed by atoms with Crippen LogP contribution >= 0.6 is 0 Å². The van der Waals surface area contributed by atoms with Gasteiger partial charge in [0.2, 0.25) is 5.88 Å². The maximum atomic E-state index is 5.06. The first-order valence-corrected chi connectivity index (χ1v) is 6.06. The number of rotatable bonds is 4. The van der Waals surface area contributed by atoms with Gasteiger partial charge in [0.1, 0.15) is 12.1 Å². The summed E-state index contributed by atoms with van der Waals surface area (Å²) in [5.74, 6) is 2.14. The summed E-state index contributed by atoms with van der Waals surface area (Å²) in [6, 6.07) is 1.83. The van der Waals surface area contributed by atoms with Crippen molar-refractivity contribution >= 4 is 5.82 Å². The van der Waals surface area contributed by atoms with E-state index in [1.807, 2.05) is 6.07 Å². The van der Waals surface area contributed by atoms with E-state index < -0.39 is 0 Å². The topological polar surface area (TPSA) is 50.3 Å². The highest BCUT2D eigenvalue weighted by Crippen LogP contribution is 2.16. The number of nitrogens with zero attached hydrogens (tertiary/aromatic N) is 3. The van der Waals surface area contributed by atoms with Crippen LogP contribution in [0.4, 0.5) is 5.82 Å². The monoisotopic (exact) mass is 236 g/mol. The SMILES string of the molecule is COc1cc(NCC2CCCN(C)C2)ncn1. The third kappa shape index (κ3) is 3.56. The van der Waals surface area contributed by atoms with Gasteiger partial charge in [-0.3, -0.25) is 0 Å². The van der Waals surface area contributed by atoms with E-state index in [4.69, 9.17) is 4.74 Å². The van der Waals surface area contributed by atoms with E-state index in [-0.39, 0.29) is 0 Å². The first kappa shape index (κ1) is 12.1. The molecule has 1 aliphatic heterocycles. The Morgan fingerprint density at radius 1 is 1.53 bits per heavy atom. The third-order valence-electron chi connectivity index (χ3n) is 3.15. The minimum Gasteiger partial charge on any atom is -0.481 e. The van der Waals surface area contributed by atoms with E-state index in [2.05, 4.69) is 27.2 Å². The number of piperidine rings is 1. The second-order valence-electron chi connectivity index (χ2n) is 4.60. The molecule has 5 nitrogen and oxygen atoms in total. The normalized spacial score (nSPS) is 21.2. The van der Waals surface area contributed by atoms with Crippen molar-refractivity contribution in [2.45, 2.75) is 12.8 Å². The average Bonchev–Trinajstić information content (AvgIpc) is 2.37. The van der Waals surface area contributed by atoms with Gasteiger partial charge < -0.3 is 15.0 Å². The van der Waals surface area contributed by atoms with Crippen molar-refractivity contribution in [3.05, 3.63) is 12.4 Å². The van der Waals surface area contributed by atoms with Crippen LogP contribution in [0, 0.1) is 5.92 Å². The molecule has 1 aliphatic rings. The molecule has 1 unspecified atom stereocenters. The summed E-state index contributed by atoms with van der Waals surface area (Å²) in [4.78, 5) is 10.5. The smallest absolute Gasteiger partial charge is 0.218 e. The highest BCUT2D eigenvalue weighted by molar-refractivity contribution is 5.36. The molecule has 17 heavy (non-hydrogen) atoms. The van der Waals surface area contributed by atoms with Crippen LogP contribution in [0.15, 0.2) is 12.4 Å². The van der Waals surface area contributed by atoms with Crippen LogP contribution in [0.25, 0.3) is 0 Å². The van der Waals surface area contributed by atoms with E-state index in [0.717, 1.165) is 18.9 Å². The molecule has 94 valence electrons. The maximum absolute atomic E-state index is 5.06. The van der Waals surface area contributed by atoms with Crippen molar-refractivity contribution in [1.29, 1.82) is 0 Å². The predicted octanol–water partition coefficient (Wildman–Crippen LogP) is 1.24. The Hall–Kier alpha value is -1.36. The third-order valence-corrected chi connectivity index (χ3v) is 3.15. The van der Waals surface area contributed by atoms with Gasteiger partial charge in [0.05, 0.1) is 7.11 Å². The highest BCUT2D eigenvalue weighted by atomic mass is 16.5. The maximum Gasteiger partial charge on any atom is 0.218 e. The zero-order valence-corrected chi connectivity index (χ0v) is 10.5. The molecule has 5 heteroatoms. The van der Waals surface area contributed by atoms with Crippen LogP contribution in [0.3, 0.4) is 0 Å². The van der Waals surface area contributed by atoms with Gasteiger partial charge in [-0.05, 0) is 32.4 Å². The van der Waals surface area contributed by atoms with Gasteiger partial charge in [-0.25, -0.2) is 9.97 Å². The number of likely N-dealkylation sites (tertiary alicyclic amines) is 1. The number of nitrogens with one attached hydrogen (secondary N) is 1. The zero-order chi connectivity index (χ0) is 12.1. The lowest BCUT2D eigenvalue weighted by molar-refractivity contribution is 0.217. The first-order valence-electron chi connectivity index (χ1n) is 6.06. The molecule has 0 aliphatic carbocycles. The van der Waals surface area contributed by atoms with Crippen LogP contribution in [-0.4, -0.2) is 48.7 Å². The lowest BCUT2D eigenvalue weighted by atomic mass is 9.98. The Labute approximate surface area is 102 Å². The molecule has 1 aromatic rings. The van der Waals surface area contributed by atoms with Crippen molar-refractivity contribution in [1.82, 2.24) is 14.9 Å². The molecule has 1 aromatic heterocycles. The van der Waals surface area contributed by atoms with Gasteiger partial charge in [0.25, 0.3) is 0 Å². The van der Waals surface area contributed by atoms with E-state index in [1.54, 1.807) is 7.11 Å². The summed E-state index contributed by atoms with van der Waals surface area (Å²) < 4.78 is 5.06. The van der Waals surface area contributed by atoms with E-state index in [9.17, 15) is 0 Å². The molecular formula is C12H20N4O. The summed E-state index contributed by atoms with van der Waals surface area (Å²) in [5, 5.41) is 3.35. The number of ether oxygens (including phenoxy) is 1. The molecular weight excluding hydrogens is 216 g/mol. The molecule has 1 saturated heterocycles. The van der Waals surface area contributed by atoms with Gasteiger partial charge in [-0.15, -0.1) is 0 Å². The standard InChI is InChI=1S/C12H20N4O/c1-16-5-3-4-10(8-16)7-13-11-6-12(17-2)15-9-14-11/h6,9-10H,3-5,7-8H2,1-2H3,(H,13,14,15). The fraction of sp³-hybridized carbons (Fsp3) is 0.667. The Morgan fingerprint density at radius 3 is 3.18 bits per heavy atom. The van der Waals surface area contributed by atoms with Gasteiger partial charge in [0, 0.05) is 19.2 Å². The number of methoxy groups -OCH3 is 1. The molecule has 2 rings (SSSR count). The molecule has 0 aromatic carbocycles. The van der Waals surface area contributed by atoms with Crippen molar-refractivity contribution in [2.75, 3.05) is 39.1 Å². The number of hydrogen-bond donors (Lipinski definition) is 1. The second-order valence-corrected chi connectivity index (χ2v) is 4.60. The molecule has 1 fully saturated rings. The van der Waals surface area contributed by atoms with Gasteiger partial charge in [-0.2, -0.15) is 0 Å². The molecule has 0 bridgehead atoms. The lowest BCUT2D eigenvalue weighted by Crippen LogP contribution is -2.35. The number of aromatic nitrogens is 2. The summed E-state index contributed by atoms with van der Waals surface area (Å²) in [7, 11) is 3.79. The first-order chi connectivity index (χ1) is 8.28. The fourth-order valence-corrected chi connectivity index (χ4v) is 2.24. The van der Waals surface area contributed by atoms with Crippen LogP contribution in [0.5, 0.6) is 5.88 Å². The Kier molecular flexibility index (Phi) is 4.14. The molecule has 1 atom stereocenters. The predicted molar refractivity (Wildman–Crippen MR) is 67.3 cm³/mol. The number of anilines is 1. The second kappa shape index (κ2) is 5.82. The molecule has 0 radical (unpaired) electrons. The zero-order valence-electron chi connectivity index (χ0n) is 10.5. The number of hydrogen-bond acceptors (Lipinski definition) is 5. The fourth-order valence-electron chi connectivity index (χ4n) is 2.24. The summed E-state index contributed by atoms with van der Waals surface area (Å²) >= 11 is 0. The largest absolute Gasteiger partial charge is 0.481 e. The van der Waals surface area contributed by atoms with Crippen LogP contribution in [0.2, 0.25) is 0 Å². The minimum absolute atomic E-state index is 0.600. The molecule has 0 amide bonds. The van der Waals surface area contributed by atoms with Gasteiger partial charge >= 0.3 is 0 Å². The summed E-state index contributed by atoms with van der Waals surface area (Å²) in [6.07, 6.45) is 4.10. The highest BCUT2D eigenvalue weighted by Gasteiger charge is 2.16. The van der Waals surface area contributed by atoms with E-state index in [1.165, 1.54) is 25.7 Å². The van der Waals surface area contributed by atoms with Crippen LogP contribution < -0.4 is 10.1 Å². The molecule has 1 N–H and O–H groups in total. The molecule has 2 heterocycles. The van der Waals surface area contributed by atoms with Crippen LogP contribution in [0.1, 0.15) is 12.8 Å². The summed E-state index contributed by atoms with van der Waals surface area (Å²) in [6.45, 7) is 3.34. The summed E-state index contributed by atoms with van der Waals surface area (Å²) in [5.41, 5.74) is 0. The van der Waals surface area contributed by atoms with Crippen molar-refractivity contribution < 1.29 is 4.74 Å². The lowest BCUT2D eigenvalue weighted by Gasteiger charge is -2.29. The van der Waals surface area contributed by atoms with E-state index >= 15 is 0 Å². The Balaban J connectivity index is 1.84. The average molecular weight is 236 g/mol. The quantitative estimate of drug-likeness (QED) is 0.852. The van der Waals surface area contributed by atoms with Crippen molar-refractivity contribution in [3.8, 4) is 5.88 Å². The minimum atomic E-state index is 0.600. The molecule has 0 spiro atoms. The molecule has 0 saturated carbocycles. The Bertz CT molecular complexity index is 358. The van der Waals surface area contributed by atoms with Crippen molar-refractivity contribution in [2.24, 2.45) is 5.92 Å². The van der Waals surface area contributed by atoms with E-state index in [0.29, 0.717) is 11.8 Å².